The van der Waals surface area contributed by atoms with Crippen LogP contribution < -0.4 is 0 Å². The van der Waals surface area contributed by atoms with Gasteiger partial charge in [-0.3, -0.25) is 39.3 Å². The largest absolute Gasteiger partial charge is 0.465 e. The predicted molar refractivity (Wildman–Crippen MR) is 246 cm³/mol. The van der Waals surface area contributed by atoms with Crippen LogP contribution in [0.1, 0.15) is 73.0 Å². The number of ketones is 2. The van der Waals surface area contributed by atoms with Crippen LogP contribution in [0.3, 0.4) is 0 Å². The monoisotopic (exact) mass is 880 g/mol. The van der Waals surface area contributed by atoms with Crippen molar-refractivity contribution >= 4 is 39.3 Å². The number of nitrogens with zero attached hydrogens (tertiary/aromatic N) is 8. The van der Waals surface area contributed by atoms with Gasteiger partial charge in [0.2, 0.25) is 0 Å². The summed E-state index contributed by atoms with van der Waals surface area (Å²) in [4.78, 5) is 37.6. The van der Waals surface area contributed by atoms with Crippen LogP contribution in [0.5, 0.6) is 0 Å². The average molecular weight is 881 g/mol. The summed E-state index contributed by atoms with van der Waals surface area (Å²) in [5.74, 6) is -0.544. The maximum absolute atomic E-state index is 13.0. The molecule has 10 aromatic rings. The molecule has 330 valence electrons. The fourth-order valence-corrected chi connectivity index (χ4v) is 7.69. The summed E-state index contributed by atoms with van der Waals surface area (Å²) in [5, 5.41) is 48.6. The Labute approximate surface area is 376 Å². The summed E-state index contributed by atoms with van der Waals surface area (Å²) >= 11 is 0. The fourth-order valence-electron chi connectivity index (χ4n) is 7.69. The Morgan fingerprint density at radius 1 is 0.621 bits per heavy atom. The third kappa shape index (κ3) is 9.51. The smallest absolute Gasteiger partial charge is 0.337 e. The lowest BCUT2D eigenvalue weighted by molar-refractivity contribution is 0.0600. The number of aromatic nitrogens is 12. The number of fused-ring (bicyclic) bond motifs is 2. The number of carbonyl (C=O) groups excluding carboxylic acids is 3. The number of carbonyl (C=O) groups is 3. The van der Waals surface area contributed by atoms with E-state index in [4.69, 9.17) is 4.74 Å². The van der Waals surface area contributed by atoms with Crippen molar-refractivity contribution in [2.75, 3.05) is 7.11 Å². The molecule has 0 unspecified atom stereocenters. The highest BCUT2D eigenvalue weighted by molar-refractivity contribution is 6.08. The highest BCUT2D eigenvalue weighted by atomic mass is 16.5. The summed E-state index contributed by atoms with van der Waals surface area (Å²) in [6, 6.07) is 26.6. The SMILES string of the molecule is CC(C)(O)c1cccc(Cn2cc(CC(=O)c3n[nH]c4cc(-c5cn[nH]c5)ccc34)cn2)c1.COC(=O)c1cccc(Cn2cc(CC(=O)c3n[nH]c4cc(-c5cn[nH]c5)ccc34)cn2)c1. The van der Waals surface area contributed by atoms with E-state index in [1.54, 1.807) is 66.2 Å². The minimum atomic E-state index is -0.899. The van der Waals surface area contributed by atoms with E-state index < -0.39 is 5.60 Å². The molecule has 0 atom stereocenters. The maximum atomic E-state index is 13.0. The van der Waals surface area contributed by atoms with E-state index in [0.29, 0.717) is 30.0 Å². The summed E-state index contributed by atoms with van der Waals surface area (Å²) in [5.41, 5.74) is 10.3. The van der Waals surface area contributed by atoms with Crippen molar-refractivity contribution in [2.45, 2.75) is 45.4 Å². The van der Waals surface area contributed by atoms with Crippen LogP contribution in [0.4, 0.5) is 0 Å². The second kappa shape index (κ2) is 18.3. The normalized spacial score (nSPS) is 11.5. The molecule has 0 fully saturated rings. The number of aromatic amines is 4. The Morgan fingerprint density at radius 3 is 1.62 bits per heavy atom. The van der Waals surface area contributed by atoms with Gasteiger partial charge in [0.05, 0.1) is 67.2 Å². The Morgan fingerprint density at radius 2 is 1.14 bits per heavy atom. The molecule has 0 bridgehead atoms. The second-order valence-electron chi connectivity index (χ2n) is 16.4. The van der Waals surface area contributed by atoms with E-state index >= 15 is 0 Å². The van der Waals surface area contributed by atoms with Gasteiger partial charge < -0.3 is 9.84 Å². The second-order valence-corrected chi connectivity index (χ2v) is 16.4. The highest BCUT2D eigenvalue weighted by Crippen LogP contribution is 2.27. The fraction of sp³-hybridized carbons (Fsp3) is 0.163. The molecule has 0 saturated heterocycles. The Bertz CT molecular complexity index is 3310. The van der Waals surface area contributed by atoms with Gasteiger partial charge in [0, 0.05) is 59.5 Å². The first-order chi connectivity index (χ1) is 32.0. The number of rotatable bonds is 14. The van der Waals surface area contributed by atoms with Crippen molar-refractivity contribution < 1.29 is 24.2 Å². The first-order valence-corrected chi connectivity index (χ1v) is 21.0. The summed E-state index contributed by atoms with van der Waals surface area (Å²) in [6.45, 7) is 4.56. The third-order valence-electron chi connectivity index (χ3n) is 11.1. The molecule has 0 spiro atoms. The zero-order valence-electron chi connectivity index (χ0n) is 36.2. The number of benzene rings is 4. The Hall–Kier alpha value is -8.57. The van der Waals surface area contributed by atoms with Crippen LogP contribution in [0.25, 0.3) is 44.1 Å². The number of methoxy groups -OCH3 is 1. The van der Waals surface area contributed by atoms with E-state index in [2.05, 4.69) is 51.0 Å². The van der Waals surface area contributed by atoms with Crippen molar-refractivity contribution in [3.05, 3.63) is 179 Å². The van der Waals surface area contributed by atoms with Crippen LogP contribution in [-0.2, 0) is 36.3 Å². The third-order valence-corrected chi connectivity index (χ3v) is 11.1. The van der Waals surface area contributed by atoms with Crippen LogP contribution >= 0.6 is 0 Å². The predicted octanol–water partition coefficient (Wildman–Crippen LogP) is 7.26. The van der Waals surface area contributed by atoms with Crippen LogP contribution in [-0.4, -0.2) is 90.1 Å². The van der Waals surface area contributed by atoms with Gasteiger partial charge in [-0.15, -0.1) is 0 Å². The molecule has 17 heteroatoms. The van der Waals surface area contributed by atoms with Gasteiger partial charge >= 0.3 is 5.97 Å². The van der Waals surface area contributed by atoms with Crippen LogP contribution in [0, 0.1) is 0 Å². The molecule has 5 N–H and O–H groups in total. The van der Waals surface area contributed by atoms with Gasteiger partial charge in [-0.1, -0.05) is 48.5 Å². The lowest BCUT2D eigenvalue weighted by atomic mass is 9.96. The molecule has 6 heterocycles. The molecule has 0 aliphatic carbocycles. The van der Waals surface area contributed by atoms with Crippen molar-refractivity contribution in [1.29, 1.82) is 0 Å². The molecule has 6 aromatic heterocycles. The van der Waals surface area contributed by atoms with Gasteiger partial charge in [0.15, 0.2) is 11.6 Å². The summed E-state index contributed by atoms with van der Waals surface area (Å²) < 4.78 is 8.30. The molecule has 0 radical (unpaired) electrons. The van der Waals surface area contributed by atoms with E-state index in [1.807, 2.05) is 91.5 Å². The molecule has 0 saturated carbocycles. The number of esters is 1. The number of aliphatic hydroxyl groups is 1. The van der Waals surface area contributed by atoms with Gasteiger partial charge in [-0.05, 0) is 89.2 Å². The first-order valence-electron chi connectivity index (χ1n) is 21.0. The van der Waals surface area contributed by atoms with Gasteiger partial charge in [-0.25, -0.2) is 4.79 Å². The minimum absolute atomic E-state index is 0.0686. The first kappa shape index (κ1) is 42.7. The Balaban J connectivity index is 0.000000166. The van der Waals surface area contributed by atoms with Crippen LogP contribution in [0.2, 0.25) is 0 Å². The van der Waals surface area contributed by atoms with E-state index in [9.17, 15) is 19.5 Å². The highest BCUT2D eigenvalue weighted by Gasteiger charge is 2.19. The van der Waals surface area contributed by atoms with Crippen molar-refractivity contribution in [1.82, 2.24) is 60.4 Å². The molecule has 4 aromatic carbocycles. The lowest BCUT2D eigenvalue weighted by Crippen LogP contribution is -2.15. The number of nitrogens with one attached hydrogen (secondary N) is 4. The summed E-state index contributed by atoms with van der Waals surface area (Å²) in [7, 11) is 1.35. The van der Waals surface area contributed by atoms with Crippen molar-refractivity contribution in [2.24, 2.45) is 0 Å². The average Bonchev–Trinajstić information content (AvgIpc) is 4.18. The van der Waals surface area contributed by atoms with Gasteiger partial charge in [-0.2, -0.15) is 30.6 Å². The standard InChI is InChI=1S/C25H24N6O2.C24H20N6O3/c1-25(2,33)20-5-3-4-16(8-20)14-31-15-17(11-28-31)9-23(32)24-21-7-6-18(10-22(21)29-30-24)19-12-26-27-13-19;1-33-24(32)18-4-2-3-15(7-18)13-30-14-16(10-27-30)8-22(31)23-20-6-5-17(9-21(20)28-29-23)19-11-25-26-12-19/h3-8,10-13,15,33H,9,14H2,1-2H3,(H,26,27)(H,29,30);2-7,9-12,14H,8,13H2,1H3,(H,25,26)(H,28,29). The zero-order chi connectivity index (χ0) is 45.8. The van der Waals surface area contributed by atoms with Gasteiger partial charge in [0.25, 0.3) is 0 Å². The Kier molecular flexibility index (Phi) is 11.8. The molecule has 10 rings (SSSR count). The topological polar surface area (TPSA) is 231 Å². The molecule has 17 nitrogen and oxygen atoms in total. The van der Waals surface area contributed by atoms with E-state index in [-0.39, 0.29) is 30.4 Å². The molecule has 0 amide bonds. The number of hydrogen-bond acceptors (Lipinski definition) is 11. The summed E-state index contributed by atoms with van der Waals surface area (Å²) in [6.07, 6.45) is 14.6. The molecule has 0 aliphatic heterocycles. The number of Topliss-reactive ketones (excluding diaryl/α,β-unsaturated/α-hetero) is 2. The number of H-pyrrole nitrogens is 4. The molecule has 0 aliphatic rings. The van der Waals surface area contributed by atoms with Crippen molar-refractivity contribution in [3.8, 4) is 22.3 Å². The van der Waals surface area contributed by atoms with E-state index in [1.165, 1.54) is 7.11 Å². The molecular formula is C49H44N12O5. The lowest BCUT2D eigenvalue weighted by Gasteiger charge is -2.18. The van der Waals surface area contributed by atoms with Crippen LogP contribution in [0.15, 0.2) is 135 Å². The zero-order valence-corrected chi connectivity index (χ0v) is 36.2. The maximum Gasteiger partial charge on any atom is 0.337 e. The molecule has 66 heavy (non-hydrogen) atoms. The minimum Gasteiger partial charge on any atom is -0.465 e. The van der Waals surface area contributed by atoms with Crippen molar-refractivity contribution in [3.63, 3.8) is 0 Å². The van der Waals surface area contributed by atoms with E-state index in [0.717, 1.165) is 71.9 Å². The quantitative estimate of drug-likeness (QED) is 0.0539. The number of ether oxygens (including phenoxy) is 1. The van der Waals surface area contributed by atoms with Gasteiger partial charge in [0.1, 0.15) is 11.4 Å². The number of hydrogen-bond donors (Lipinski definition) is 5. The molecular weight excluding hydrogens is 837 g/mol.